The zero-order chi connectivity index (χ0) is 15.0. The fraction of sp³-hybridized carbons (Fsp3) is 0.769. The van der Waals surface area contributed by atoms with E-state index >= 15 is 0 Å². The third kappa shape index (κ3) is 5.81. The Hall–Kier alpha value is -1.24. The Bertz CT molecular complexity index is 398. The number of hydrogen-bond donors (Lipinski definition) is 2. The van der Waals surface area contributed by atoms with Crippen LogP contribution < -0.4 is 15.5 Å². The monoisotopic (exact) mass is 298 g/mol. The summed E-state index contributed by atoms with van der Waals surface area (Å²) in [4.78, 5) is 15.1. The summed E-state index contributed by atoms with van der Waals surface area (Å²) in [6.07, 6.45) is 3.16. The van der Waals surface area contributed by atoms with Gasteiger partial charge in [-0.1, -0.05) is 13.8 Å². The van der Waals surface area contributed by atoms with Crippen molar-refractivity contribution in [3.8, 4) is 0 Å². The molecule has 1 heterocycles. The first-order chi connectivity index (χ1) is 9.56. The molecular formula is C13H26N6S. The van der Waals surface area contributed by atoms with E-state index in [1.165, 1.54) is 0 Å². The van der Waals surface area contributed by atoms with E-state index in [4.69, 9.17) is 0 Å². The number of aromatic nitrogens is 3. The van der Waals surface area contributed by atoms with E-state index in [1.807, 2.05) is 30.8 Å². The number of thioether (sulfide) groups is 1. The van der Waals surface area contributed by atoms with Gasteiger partial charge >= 0.3 is 0 Å². The van der Waals surface area contributed by atoms with Gasteiger partial charge in [0, 0.05) is 27.2 Å². The summed E-state index contributed by atoms with van der Waals surface area (Å²) >= 11 is 1.85. The van der Waals surface area contributed by atoms with Crippen LogP contribution in [0.25, 0.3) is 0 Å². The number of anilines is 3. The van der Waals surface area contributed by atoms with Gasteiger partial charge in [0.15, 0.2) is 0 Å². The molecule has 0 aromatic carbocycles. The molecule has 0 fully saturated rings. The molecule has 2 N–H and O–H groups in total. The maximum atomic E-state index is 4.42. The molecule has 0 spiro atoms. The predicted molar refractivity (Wildman–Crippen MR) is 89.0 cm³/mol. The lowest BCUT2D eigenvalue weighted by Crippen LogP contribution is -2.19. The third-order valence-electron chi connectivity index (χ3n) is 2.62. The molecule has 1 atom stereocenters. The molecule has 1 rings (SSSR count). The molecule has 114 valence electrons. The summed E-state index contributed by atoms with van der Waals surface area (Å²) in [7, 11) is 3.86. The van der Waals surface area contributed by atoms with Crippen LogP contribution >= 0.6 is 11.8 Å². The van der Waals surface area contributed by atoms with Gasteiger partial charge in [0.1, 0.15) is 0 Å². The van der Waals surface area contributed by atoms with E-state index in [-0.39, 0.29) is 0 Å². The van der Waals surface area contributed by atoms with E-state index < -0.39 is 0 Å². The average Bonchev–Trinajstić information content (AvgIpc) is 2.43. The molecule has 0 saturated carbocycles. The molecule has 1 aromatic heterocycles. The summed E-state index contributed by atoms with van der Waals surface area (Å²) in [6.45, 7) is 6.06. The van der Waals surface area contributed by atoms with Crippen molar-refractivity contribution < 1.29 is 0 Å². The van der Waals surface area contributed by atoms with Gasteiger partial charge in [0.2, 0.25) is 17.8 Å². The van der Waals surface area contributed by atoms with Crippen molar-refractivity contribution in [3.05, 3.63) is 0 Å². The highest BCUT2D eigenvalue weighted by atomic mass is 32.2. The maximum Gasteiger partial charge on any atom is 0.231 e. The number of nitrogens with zero attached hydrogens (tertiary/aromatic N) is 4. The van der Waals surface area contributed by atoms with Crippen LogP contribution in [0.5, 0.6) is 0 Å². The van der Waals surface area contributed by atoms with E-state index in [1.54, 1.807) is 0 Å². The van der Waals surface area contributed by atoms with Crippen LogP contribution in [0.4, 0.5) is 17.8 Å². The normalized spacial score (nSPS) is 12.1. The van der Waals surface area contributed by atoms with Gasteiger partial charge in [-0.15, -0.1) is 0 Å². The number of rotatable bonds is 9. The molecule has 0 aliphatic carbocycles. The Morgan fingerprint density at radius 1 is 1.15 bits per heavy atom. The molecule has 0 aliphatic rings. The molecule has 0 aliphatic heterocycles. The molecule has 20 heavy (non-hydrogen) atoms. The fourth-order valence-electron chi connectivity index (χ4n) is 1.57. The Morgan fingerprint density at radius 3 is 2.35 bits per heavy atom. The Morgan fingerprint density at radius 2 is 1.80 bits per heavy atom. The fourth-order valence-corrected chi connectivity index (χ4v) is 2.26. The average molecular weight is 298 g/mol. The first kappa shape index (κ1) is 16.8. The van der Waals surface area contributed by atoms with E-state index in [0.717, 1.165) is 25.3 Å². The zero-order valence-electron chi connectivity index (χ0n) is 13.1. The Labute approximate surface area is 126 Å². The minimum absolute atomic E-state index is 0.580. The molecule has 0 bridgehead atoms. The van der Waals surface area contributed by atoms with Crippen LogP contribution in [0.1, 0.15) is 20.3 Å². The lowest BCUT2D eigenvalue weighted by molar-refractivity contribution is 0.696. The summed E-state index contributed by atoms with van der Waals surface area (Å²) in [5.41, 5.74) is 0. The van der Waals surface area contributed by atoms with Crippen molar-refractivity contribution in [1.82, 2.24) is 15.0 Å². The molecule has 6 nitrogen and oxygen atoms in total. The van der Waals surface area contributed by atoms with Crippen LogP contribution in [0.2, 0.25) is 0 Å². The van der Waals surface area contributed by atoms with Crippen LogP contribution in [0.15, 0.2) is 0 Å². The van der Waals surface area contributed by atoms with Gasteiger partial charge in [-0.05, 0) is 24.3 Å². The predicted octanol–water partition coefficient (Wildman–Crippen LogP) is 2.17. The molecule has 1 unspecified atom stereocenters. The quantitative estimate of drug-likeness (QED) is 0.724. The lowest BCUT2D eigenvalue weighted by Gasteiger charge is -2.15. The first-order valence-corrected chi connectivity index (χ1v) is 8.36. The second kappa shape index (κ2) is 8.84. The van der Waals surface area contributed by atoms with Crippen LogP contribution in [0.3, 0.4) is 0 Å². The molecule has 7 heteroatoms. The maximum absolute atomic E-state index is 4.42. The van der Waals surface area contributed by atoms with Crippen molar-refractivity contribution in [2.75, 3.05) is 54.7 Å². The number of nitrogens with one attached hydrogen (secondary N) is 2. The van der Waals surface area contributed by atoms with Gasteiger partial charge in [0.05, 0.1) is 0 Å². The van der Waals surface area contributed by atoms with E-state index in [0.29, 0.717) is 23.8 Å². The molecular weight excluding hydrogens is 272 g/mol. The van der Waals surface area contributed by atoms with E-state index in [9.17, 15) is 0 Å². The summed E-state index contributed by atoms with van der Waals surface area (Å²) in [5.74, 6) is 3.63. The second-order valence-corrected chi connectivity index (χ2v) is 5.96. The standard InChI is InChI=1S/C13H26N6S/c1-6-7-14-11-16-12(15-8-10(2)9-20-5)18-13(17-11)19(3)4/h10H,6-9H2,1-5H3,(H2,14,15,16,17,18). The first-order valence-electron chi connectivity index (χ1n) is 6.96. The van der Waals surface area contributed by atoms with Crippen LogP contribution in [-0.2, 0) is 0 Å². The highest BCUT2D eigenvalue weighted by Crippen LogP contribution is 2.12. The largest absolute Gasteiger partial charge is 0.354 e. The summed E-state index contributed by atoms with van der Waals surface area (Å²) in [5, 5.41) is 6.51. The van der Waals surface area contributed by atoms with Crippen molar-refractivity contribution in [1.29, 1.82) is 0 Å². The van der Waals surface area contributed by atoms with Crippen molar-refractivity contribution in [2.24, 2.45) is 5.92 Å². The smallest absolute Gasteiger partial charge is 0.231 e. The highest BCUT2D eigenvalue weighted by Gasteiger charge is 2.09. The van der Waals surface area contributed by atoms with Gasteiger partial charge in [-0.2, -0.15) is 26.7 Å². The minimum Gasteiger partial charge on any atom is -0.354 e. The van der Waals surface area contributed by atoms with Crippen molar-refractivity contribution >= 4 is 29.6 Å². The van der Waals surface area contributed by atoms with Crippen molar-refractivity contribution in [2.45, 2.75) is 20.3 Å². The highest BCUT2D eigenvalue weighted by molar-refractivity contribution is 7.98. The molecule has 0 amide bonds. The second-order valence-electron chi connectivity index (χ2n) is 5.05. The Kier molecular flexibility index (Phi) is 7.43. The SMILES string of the molecule is CCCNc1nc(NCC(C)CSC)nc(N(C)C)n1. The van der Waals surface area contributed by atoms with Crippen LogP contribution in [-0.4, -0.2) is 54.1 Å². The number of hydrogen-bond acceptors (Lipinski definition) is 7. The molecule has 1 aromatic rings. The topological polar surface area (TPSA) is 66.0 Å². The summed E-state index contributed by atoms with van der Waals surface area (Å²) in [6, 6.07) is 0. The Balaban J connectivity index is 2.74. The van der Waals surface area contributed by atoms with Crippen LogP contribution in [0, 0.1) is 5.92 Å². The van der Waals surface area contributed by atoms with Gasteiger partial charge in [-0.3, -0.25) is 0 Å². The summed E-state index contributed by atoms with van der Waals surface area (Å²) < 4.78 is 0. The molecule has 0 saturated heterocycles. The lowest BCUT2D eigenvalue weighted by atomic mass is 10.2. The van der Waals surface area contributed by atoms with E-state index in [2.05, 4.69) is 45.7 Å². The zero-order valence-corrected chi connectivity index (χ0v) is 13.9. The minimum atomic E-state index is 0.580. The van der Waals surface area contributed by atoms with Gasteiger partial charge in [-0.25, -0.2) is 0 Å². The third-order valence-corrected chi connectivity index (χ3v) is 3.52. The van der Waals surface area contributed by atoms with Gasteiger partial charge < -0.3 is 15.5 Å². The molecule has 0 radical (unpaired) electrons. The van der Waals surface area contributed by atoms with Gasteiger partial charge in [0.25, 0.3) is 0 Å². The van der Waals surface area contributed by atoms with Crippen molar-refractivity contribution in [3.63, 3.8) is 0 Å².